The van der Waals surface area contributed by atoms with Crippen LogP contribution in [0.3, 0.4) is 0 Å². The molecule has 34 heavy (non-hydrogen) atoms. The fraction of sp³-hybridized carbons (Fsp3) is 0.440. The average Bonchev–Trinajstić information content (AvgIpc) is 3.53. The molecule has 1 aliphatic heterocycles. The third-order valence-corrected chi connectivity index (χ3v) is 6.62. The van der Waals surface area contributed by atoms with Gasteiger partial charge in [0, 0.05) is 44.2 Å². The van der Waals surface area contributed by atoms with E-state index in [9.17, 15) is 18.7 Å². The van der Waals surface area contributed by atoms with Crippen LogP contribution in [-0.4, -0.2) is 47.2 Å². The van der Waals surface area contributed by atoms with Crippen LogP contribution in [0.2, 0.25) is 0 Å². The summed E-state index contributed by atoms with van der Waals surface area (Å²) in [5.41, 5.74) is 1.53. The first kappa shape index (κ1) is 22.7. The van der Waals surface area contributed by atoms with Crippen LogP contribution >= 0.6 is 0 Å². The Morgan fingerprint density at radius 1 is 1.26 bits per heavy atom. The zero-order valence-electron chi connectivity index (χ0n) is 18.8. The van der Waals surface area contributed by atoms with Gasteiger partial charge in [0.05, 0.1) is 24.6 Å². The normalized spacial score (nSPS) is 17.8. The molecule has 0 spiro atoms. The molecule has 2 aliphatic rings. The number of aliphatic hydroxyl groups is 1. The number of alkyl halides is 2. The number of hydrogen-bond donors (Lipinski definition) is 1. The summed E-state index contributed by atoms with van der Waals surface area (Å²) in [6.07, 6.45) is 6.59. The maximum Gasteiger partial charge on any atom is 0.387 e. The van der Waals surface area contributed by atoms with E-state index in [0.29, 0.717) is 43.0 Å². The van der Waals surface area contributed by atoms with E-state index in [1.165, 1.54) is 13.2 Å². The van der Waals surface area contributed by atoms with E-state index in [-0.39, 0.29) is 35.2 Å². The molecule has 3 heterocycles. The number of Topliss-reactive ketones (excluding diaryl/α,β-unsaturated/α-hetero) is 1. The number of halogens is 2. The topological polar surface area (TPSA) is 82.3 Å². The van der Waals surface area contributed by atoms with Gasteiger partial charge in [0.2, 0.25) is 0 Å². The van der Waals surface area contributed by atoms with E-state index >= 15 is 0 Å². The van der Waals surface area contributed by atoms with Gasteiger partial charge in [-0.3, -0.25) is 9.20 Å². The molecular weight excluding hydrogens is 446 g/mol. The van der Waals surface area contributed by atoms with Crippen molar-refractivity contribution in [3.8, 4) is 22.8 Å². The highest BCUT2D eigenvalue weighted by Gasteiger charge is 2.33. The molecule has 1 aromatic carbocycles. The first-order valence-corrected chi connectivity index (χ1v) is 11.4. The number of pyridine rings is 1. The number of carbonyl (C=O) groups excluding carboxylic acids is 1. The SMILES string of the molecule is COc1cc(-c2cnc3cc(C4(O)CCOCC4)ccn23)cc(OC(F)F)c1C(=O)CC1CC1. The Labute approximate surface area is 195 Å². The standard InChI is InChI=1S/C25H26F2N2O5/c1-32-20-11-16(12-21(34-24(26)27)23(20)19(30)10-15-2-3-15)18-14-28-22-13-17(4-7-29(18)22)25(31)5-8-33-9-6-25/h4,7,11-15,24,31H,2-3,5-6,8-10H2,1H3. The summed E-state index contributed by atoms with van der Waals surface area (Å²) in [7, 11) is 1.40. The Bertz CT molecular complexity index is 1220. The van der Waals surface area contributed by atoms with E-state index in [4.69, 9.17) is 14.2 Å². The smallest absolute Gasteiger partial charge is 0.387 e. The average molecular weight is 472 g/mol. The molecule has 2 fully saturated rings. The summed E-state index contributed by atoms with van der Waals surface area (Å²) in [6, 6.07) is 6.71. The number of ketones is 1. The molecule has 3 aromatic rings. The number of aromatic nitrogens is 2. The molecule has 9 heteroatoms. The molecule has 0 amide bonds. The highest BCUT2D eigenvalue weighted by molar-refractivity contribution is 6.02. The van der Waals surface area contributed by atoms with Crippen molar-refractivity contribution < 1.29 is 32.9 Å². The Balaban J connectivity index is 1.56. The van der Waals surface area contributed by atoms with E-state index in [1.807, 2.05) is 12.1 Å². The second kappa shape index (κ2) is 8.96. The van der Waals surface area contributed by atoms with Gasteiger partial charge in [-0.15, -0.1) is 0 Å². The first-order valence-electron chi connectivity index (χ1n) is 11.4. The summed E-state index contributed by atoms with van der Waals surface area (Å²) < 4.78 is 43.8. The van der Waals surface area contributed by atoms with Crippen LogP contribution in [0.25, 0.3) is 16.9 Å². The van der Waals surface area contributed by atoms with Gasteiger partial charge in [-0.05, 0) is 48.6 Å². The van der Waals surface area contributed by atoms with Crippen molar-refractivity contribution in [3.63, 3.8) is 0 Å². The maximum atomic E-state index is 13.2. The molecule has 0 unspecified atom stereocenters. The second-order valence-corrected chi connectivity index (χ2v) is 8.93. The number of carbonyl (C=O) groups is 1. The molecule has 0 radical (unpaired) electrons. The fourth-order valence-electron chi connectivity index (χ4n) is 4.53. The van der Waals surface area contributed by atoms with Gasteiger partial charge in [-0.1, -0.05) is 0 Å². The Morgan fingerprint density at radius 3 is 2.68 bits per heavy atom. The number of fused-ring (bicyclic) bond motifs is 1. The Morgan fingerprint density at radius 2 is 2.00 bits per heavy atom. The van der Waals surface area contributed by atoms with Gasteiger partial charge in [-0.25, -0.2) is 4.98 Å². The van der Waals surface area contributed by atoms with Gasteiger partial charge in [0.15, 0.2) is 5.78 Å². The number of methoxy groups -OCH3 is 1. The summed E-state index contributed by atoms with van der Waals surface area (Å²) in [5, 5.41) is 11.0. The van der Waals surface area contributed by atoms with Crippen LogP contribution in [0, 0.1) is 5.92 Å². The van der Waals surface area contributed by atoms with Gasteiger partial charge in [0.25, 0.3) is 0 Å². The Kier molecular flexibility index (Phi) is 5.99. The minimum Gasteiger partial charge on any atom is -0.496 e. The molecule has 1 saturated heterocycles. The summed E-state index contributed by atoms with van der Waals surface area (Å²) in [4.78, 5) is 17.3. The molecule has 0 atom stereocenters. The third-order valence-electron chi connectivity index (χ3n) is 6.62. The molecule has 1 saturated carbocycles. The summed E-state index contributed by atoms with van der Waals surface area (Å²) in [6.45, 7) is -2.11. The van der Waals surface area contributed by atoms with Crippen molar-refractivity contribution in [2.24, 2.45) is 5.92 Å². The lowest BCUT2D eigenvalue weighted by molar-refractivity contribution is -0.0679. The quantitative estimate of drug-likeness (QED) is 0.483. The molecule has 1 aliphatic carbocycles. The molecule has 2 aromatic heterocycles. The lowest BCUT2D eigenvalue weighted by Gasteiger charge is -2.32. The number of rotatable bonds is 8. The zero-order chi connectivity index (χ0) is 23.9. The highest BCUT2D eigenvalue weighted by atomic mass is 19.3. The molecule has 1 N–H and O–H groups in total. The largest absolute Gasteiger partial charge is 0.496 e. The fourth-order valence-corrected chi connectivity index (χ4v) is 4.53. The third kappa shape index (κ3) is 4.37. The van der Waals surface area contributed by atoms with Crippen LogP contribution in [-0.2, 0) is 10.3 Å². The highest BCUT2D eigenvalue weighted by Crippen LogP contribution is 2.41. The van der Waals surface area contributed by atoms with Gasteiger partial charge in [-0.2, -0.15) is 8.78 Å². The van der Waals surface area contributed by atoms with Crippen molar-refractivity contribution >= 4 is 11.4 Å². The van der Waals surface area contributed by atoms with E-state index in [2.05, 4.69) is 4.98 Å². The van der Waals surface area contributed by atoms with Crippen molar-refractivity contribution in [2.45, 2.75) is 44.3 Å². The van der Waals surface area contributed by atoms with Crippen LogP contribution in [0.5, 0.6) is 11.5 Å². The van der Waals surface area contributed by atoms with Crippen molar-refractivity contribution in [3.05, 3.63) is 47.8 Å². The Hall–Kier alpha value is -3.04. The molecule has 0 bridgehead atoms. The lowest BCUT2D eigenvalue weighted by atomic mass is 9.87. The molecule has 180 valence electrons. The van der Waals surface area contributed by atoms with Gasteiger partial charge < -0.3 is 19.3 Å². The van der Waals surface area contributed by atoms with Crippen LogP contribution < -0.4 is 9.47 Å². The monoisotopic (exact) mass is 472 g/mol. The molecule has 5 rings (SSSR count). The number of ether oxygens (including phenoxy) is 3. The van der Waals surface area contributed by atoms with E-state index in [1.54, 1.807) is 22.9 Å². The number of hydrogen-bond acceptors (Lipinski definition) is 6. The number of benzene rings is 1. The van der Waals surface area contributed by atoms with Crippen LogP contribution in [0.15, 0.2) is 36.7 Å². The first-order chi connectivity index (χ1) is 16.4. The van der Waals surface area contributed by atoms with Crippen molar-refractivity contribution in [1.82, 2.24) is 9.38 Å². The number of imidazole rings is 1. The van der Waals surface area contributed by atoms with Crippen molar-refractivity contribution in [2.75, 3.05) is 20.3 Å². The van der Waals surface area contributed by atoms with Crippen molar-refractivity contribution in [1.29, 1.82) is 0 Å². The number of nitrogens with zero attached hydrogens (tertiary/aromatic N) is 2. The summed E-state index contributed by atoms with van der Waals surface area (Å²) in [5.74, 6) is -0.0104. The molecule has 7 nitrogen and oxygen atoms in total. The second-order valence-electron chi connectivity index (χ2n) is 8.93. The zero-order valence-corrected chi connectivity index (χ0v) is 18.8. The van der Waals surface area contributed by atoms with Gasteiger partial charge >= 0.3 is 6.61 Å². The molecular formula is C25H26F2N2O5. The summed E-state index contributed by atoms with van der Waals surface area (Å²) >= 11 is 0. The van der Waals surface area contributed by atoms with Crippen LogP contribution in [0.4, 0.5) is 8.78 Å². The minimum absolute atomic E-state index is 0.0382. The lowest BCUT2D eigenvalue weighted by Crippen LogP contribution is -2.33. The van der Waals surface area contributed by atoms with Gasteiger partial charge in [0.1, 0.15) is 22.7 Å². The minimum atomic E-state index is -3.09. The predicted octanol–water partition coefficient (Wildman–Crippen LogP) is 4.59. The van der Waals surface area contributed by atoms with E-state index in [0.717, 1.165) is 18.4 Å². The van der Waals surface area contributed by atoms with Crippen LogP contribution in [0.1, 0.15) is 48.0 Å². The predicted molar refractivity (Wildman–Crippen MR) is 119 cm³/mol. The maximum absolute atomic E-state index is 13.2. The van der Waals surface area contributed by atoms with E-state index < -0.39 is 12.2 Å².